The molecule has 2 unspecified atom stereocenters. The van der Waals surface area contributed by atoms with Crippen molar-refractivity contribution in [2.24, 2.45) is 5.92 Å². The Morgan fingerprint density at radius 3 is 2.42 bits per heavy atom. The summed E-state index contributed by atoms with van der Waals surface area (Å²) in [7, 11) is 1.66. The predicted molar refractivity (Wildman–Crippen MR) is 130 cm³/mol. The molecule has 0 saturated heterocycles. The number of nitrogen functional groups attached to an aromatic ring is 1. The summed E-state index contributed by atoms with van der Waals surface area (Å²) in [6.45, 7) is 3.63. The van der Waals surface area contributed by atoms with E-state index in [2.05, 4.69) is 22.9 Å². The summed E-state index contributed by atoms with van der Waals surface area (Å²) in [5.74, 6) is -0.191. The summed E-state index contributed by atoms with van der Waals surface area (Å²) in [5.41, 5.74) is 7.96. The normalized spacial score (nSPS) is 19.6. The van der Waals surface area contributed by atoms with Crippen molar-refractivity contribution in [2.45, 2.75) is 45.1 Å². The number of benzene rings is 2. The first-order chi connectivity index (χ1) is 15.9. The Labute approximate surface area is 194 Å². The number of nitrogens with two attached hydrogens (primary N) is 1. The Balaban J connectivity index is 1.47. The Morgan fingerprint density at radius 2 is 1.76 bits per heavy atom. The molecular weight excluding hydrogens is 416 g/mol. The molecule has 2 aromatic carbocycles. The lowest BCUT2D eigenvalue weighted by Gasteiger charge is -2.27. The summed E-state index contributed by atoms with van der Waals surface area (Å²) in [6.07, 6.45) is 5.80. The van der Waals surface area contributed by atoms with E-state index in [-0.39, 0.29) is 39.9 Å². The van der Waals surface area contributed by atoms with Gasteiger partial charge < -0.3 is 21.7 Å². The number of hydrogen-bond acceptors (Lipinski definition) is 6. The van der Waals surface area contributed by atoms with E-state index < -0.39 is 0 Å². The fourth-order valence-corrected chi connectivity index (χ4v) is 5.01. The SMILES string of the molecule is CNc1cc(C(=O)NCCCNC2CCCC(C)C2)c(N)c2c1C(=O)c1ccccc1C2=O. The van der Waals surface area contributed by atoms with Crippen molar-refractivity contribution in [3.05, 3.63) is 58.1 Å². The smallest absolute Gasteiger partial charge is 0.253 e. The second-order valence-corrected chi connectivity index (χ2v) is 9.12. The summed E-state index contributed by atoms with van der Waals surface area (Å²) < 4.78 is 0. The fraction of sp³-hybridized carbons (Fsp3) is 0.423. The van der Waals surface area contributed by atoms with Gasteiger partial charge in [-0.1, -0.05) is 44.0 Å². The molecule has 1 saturated carbocycles. The highest BCUT2D eigenvalue weighted by molar-refractivity contribution is 6.32. The third kappa shape index (κ3) is 4.50. The fourth-order valence-electron chi connectivity index (χ4n) is 5.01. The van der Waals surface area contributed by atoms with E-state index in [0.29, 0.717) is 29.4 Å². The van der Waals surface area contributed by atoms with E-state index in [4.69, 9.17) is 5.73 Å². The number of amides is 1. The van der Waals surface area contributed by atoms with Crippen LogP contribution in [0.1, 0.15) is 81.2 Å². The molecule has 1 fully saturated rings. The zero-order valence-electron chi connectivity index (χ0n) is 19.3. The highest BCUT2D eigenvalue weighted by Crippen LogP contribution is 2.37. The van der Waals surface area contributed by atoms with E-state index in [1.54, 1.807) is 37.4 Å². The average Bonchev–Trinajstić information content (AvgIpc) is 2.82. The van der Waals surface area contributed by atoms with Crippen LogP contribution in [0, 0.1) is 5.92 Å². The topological polar surface area (TPSA) is 113 Å². The number of hydrogen-bond donors (Lipinski definition) is 4. The molecule has 1 amide bonds. The number of carbonyl (C=O) groups is 3. The molecule has 0 spiro atoms. The summed E-state index contributed by atoms with van der Waals surface area (Å²) in [4.78, 5) is 39.2. The molecule has 0 aromatic heterocycles. The molecule has 174 valence electrons. The first-order valence-corrected chi connectivity index (χ1v) is 11.8. The summed E-state index contributed by atoms with van der Waals surface area (Å²) in [5, 5.41) is 9.45. The van der Waals surface area contributed by atoms with Crippen LogP contribution in [0.2, 0.25) is 0 Å². The van der Waals surface area contributed by atoms with Crippen LogP contribution in [-0.4, -0.2) is 43.7 Å². The lowest BCUT2D eigenvalue weighted by molar-refractivity contribution is 0.0952. The molecule has 0 radical (unpaired) electrons. The van der Waals surface area contributed by atoms with Gasteiger partial charge in [-0.2, -0.15) is 0 Å². The van der Waals surface area contributed by atoms with Crippen LogP contribution in [0.3, 0.4) is 0 Å². The van der Waals surface area contributed by atoms with Crippen LogP contribution < -0.4 is 21.7 Å². The van der Waals surface area contributed by atoms with E-state index in [9.17, 15) is 14.4 Å². The van der Waals surface area contributed by atoms with Crippen LogP contribution in [0.5, 0.6) is 0 Å². The van der Waals surface area contributed by atoms with Crippen molar-refractivity contribution < 1.29 is 14.4 Å². The zero-order valence-corrected chi connectivity index (χ0v) is 19.3. The van der Waals surface area contributed by atoms with Crippen LogP contribution in [0.4, 0.5) is 11.4 Å². The molecule has 2 aliphatic carbocycles. The maximum absolute atomic E-state index is 13.2. The van der Waals surface area contributed by atoms with Gasteiger partial charge in [0.05, 0.1) is 22.4 Å². The highest BCUT2D eigenvalue weighted by Gasteiger charge is 2.35. The zero-order chi connectivity index (χ0) is 23.5. The number of fused-ring (bicyclic) bond motifs is 2. The number of ketones is 2. The van der Waals surface area contributed by atoms with Gasteiger partial charge in [-0.05, 0) is 37.8 Å². The molecule has 0 aliphatic heterocycles. The molecule has 0 bridgehead atoms. The molecule has 7 heteroatoms. The van der Waals surface area contributed by atoms with Crippen molar-refractivity contribution >= 4 is 28.8 Å². The molecule has 5 N–H and O–H groups in total. The monoisotopic (exact) mass is 448 g/mol. The second-order valence-electron chi connectivity index (χ2n) is 9.12. The van der Waals surface area contributed by atoms with Gasteiger partial charge in [0, 0.05) is 36.4 Å². The lowest BCUT2D eigenvalue weighted by Crippen LogP contribution is -2.36. The van der Waals surface area contributed by atoms with Gasteiger partial charge in [0.15, 0.2) is 11.6 Å². The van der Waals surface area contributed by atoms with E-state index in [0.717, 1.165) is 18.9 Å². The van der Waals surface area contributed by atoms with E-state index in [1.165, 1.54) is 25.7 Å². The van der Waals surface area contributed by atoms with Gasteiger partial charge >= 0.3 is 0 Å². The second kappa shape index (κ2) is 9.75. The Hall–Kier alpha value is -3.19. The molecule has 2 atom stereocenters. The van der Waals surface area contributed by atoms with Crippen molar-refractivity contribution in [1.82, 2.24) is 10.6 Å². The standard InChI is InChI=1S/C26H32N4O3/c1-15-7-5-8-16(13-15)29-11-6-12-30-26(33)19-14-20(28-2)21-22(23(19)27)25(32)18-10-4-3-9-17(18)24(21)31/h3-4,9-10,14-16,28-29H,5-8,11-13,27H2,1-2H3,(H,30,33). The van der Waals surface area contributed by atoms with Gasteiger partial charge in [0.2, 0.25) is 0 Å². The number of carbonyl (C=O) groups excluding carboxylic acids is 3. The Bertz CT molecular complexity index is 1100. The lowest BCUT2D eigenvalue weighted by atomic mass is 9.81. The minimum atomic E-state index is -0.350. The maximum Gasteiger partial charge on any atom is 0.253 e. The minimum Gasteiger partial charge on any atom is -0.397 e. The predicted octanol–water partition coefficient (Wildman–Crippen LogP) is 3.37. The number of anilines is 2. The molecule has 4 rings (SSSR count). The van der Waals surface area contributed by atoms with Crippen LogP contribution >= 0.6 is 0 Å². The summed E-state index contributed by atoms with van der Waals surface area (Å²) >= 11 is 0. The van der Waals surface area contributed by atoms with Gasteiger partial charge in [0.1, 0.15) is 0 Å². The summed E-state index contributed by atoms with van der Waals surface area (Å²) in [6, 6.07) is 8.81. The minimum absolute atomic E-state index is 0.0451. The van der Waals surface area contributed by atoms with Crippen LogP contribution in [-0.2, 0) is 0 Å². The highest BCUT2D eigenvalue weighted by atomic mass is 16.2. The van der Waals surface area contributed by atoms with Gasteiger partial charge in [-0.15, -0.1) is 0 Å². The molecule has 2 aromatic rings. The Kier molecular flexibility index (Phi) is 6.79. The Morgan fingerprint density at radius 1 is 1.06 bits per heavy atom. The van der Waals surface area contributed by atoms with Gasteiger partial charge in [-0.3, -0.25) is 14.4 Å². The van der Waals surface area contributed by atoms with Gasteiger partial charge in [0.25, 0.3) is 5.91 Å². The van der Waals surface area contributed by atoms with Crippen molar-refractivity contribution in [3.8, 4) is 0 Å². The largest absolute Gasteiger partial charge is 0.397 e. The van der Waals surface area contributed by atoms with E-state index >= 15 is 0 Å². The van der Waals surface area contributed by atoms with Crippen molar-refractivity contribution in [2.75, 3.05) is 31.2 Å². The van der Waals surface area contributed by atoms with Crippen LogP contribution in [0.15, 0.2) is 30.3 Å². The average molecular weight is 449 g/mol. The first kappa shape index (κ1) is 23.0. The molecular formula is C26H32N4O3. The van der Waals surface area contributed by atoms with Crippen LogP contribution in [0.25, 0.3) is 0 Å². The molecule has 33 heavy (non-hydrogen) atoms. The number of nitrogens with one attached hydrogen (secondary N) is 3. The van der Waals surface area contributed by atoms with Crippen molar-refractivity contribution in [1.29, 1.82) is 0 Å². The number of rotatable bonds is 7. The maximum atomic E-state index is 13.2. The third-order valence-electron chi connectivity index (χ3n) is 6.76. The first-order valence-electron chi connectivity index (χ1n) is 11.8. The molecule has 0 heterocycles. The molecule has 7 nitrogen and oxygen atoms in total. The van der Waals surface area contributed by atoms with Crippen molar-refractivity contribution in [3.63, 3.8) is 0 Å². The molecule has 2 aliphatic rings. The van der Waals surface area contributed by atoms with Gasteiger partial charge in [-0.25, -0.2) is 0 Å². The third-order valence-corrected chi connectivity index (χ3v) is 6.76. The van der Waals surface area contributed by atoms with E-state index in [1.807, 2.05) is 0 Å². The quantitative estimate of drug-likeness (QED) is 0.326.